The van der Waals surface area contributed by atoms with E-state index in [4.69, 9.17) is 23.4 Å². The lowest BCUT2D eigenvalue weighted by atomic mass is 9.48. The summed E-state index contributed by atoms with van der Waals surface area (Å²) in [5.41, 5.74) is 0.0619. The van der Waals surface area contributed by atoms with Crippen molar-refractivity contribution in [1.82, 2.24) is 0 Å². The minimum atomic E-state index is -0.792. The molecule has 7 unspecified atom stereocenters. The fraction of sp³-hybridized carbons (Fsp3) is 0.654. The molecular formula is C26H32O8. The van der Waals surface area contributed by atoms with Crippen molar-refractivity contribution in [1.29, 1.82) is 0 Å². The number of hydrogen-bond donors (Lipinski definition) is 0. The van der Waals surface area contributed by atoms with Gasteiger partial charge >= 0.3 is 11.9 Å². The van der Waals surface area contributed by atoms with Crippen molar-refractivity contribution in [2.75, 3.05) is 20.5 Å². The maximum absolute atomic E-state index is 13.8. The Morgan fingerprint density at radius 3 is 2.79 bits per heavy atom. The lowest BCUT2D eigenvalue weighted by molar-refractivity contribution is -0.197. The van der Waals surface area contributed by atoms with Gasteiger partial charge in [-0.05, 0) is 62.9 Å². The zero-order chi connectivity index (χ0) is 24.5. The first kappa shape index (κ1) is 24.5. The molecule has 0 radical (unpaired) electrons. The number of methoxy groups -OCH3 is 1. The number of cyclic esters (lactones) is 1. The van der Waals surface area contributed by atoms with Crippen molar-refractivity contribution in [2.24, 2.45) is 29.1 Å². The predicted molar refractivity (Wildman–Crippen MR) is 119 cm³/mol. The predicted octanol–water partition coefficient (Wildman–Crippen LogP) is 3.43. The average Bonchev–Trinajstić information content (AvgIpc) is 3.28. The van der Waals surface area contributed by atoms with Crippen LogP contribution in [0.4, 0.5) is 0 Å². The second-order valence-corrected chi connectivity index (χ2v) is 9.51. The van der Waals surface area contributed by atoms with E-state index >= 15 is 0 Å². The Balaban J connectivity index is 1.70. The molecule has 1 saturated heterocycles. The molecule has 1 aromatic heterocycles. The molecule has 0 N–H and O–H groups in total. The van der Waals surface area contributed by atoms with Gasteiger partial charge in [-0.15, -0.1) is 0 Å². The first-order valence-electron chi connectivity index (χ1n) is 11.9. The summed E-state index contributed by atoms with van der Waals surface area (Å²) in [6.45, 7) is 5.95. The molecule has 8 heteroatoms. The number of Topliss-reactive ketones (excluding diaryl/α,β-unsaturated/α-hetero) is 1. The molecular weight excluding hydrogens is 440 g/mol. The molecule has 2 aliphatic carbocycles. The van der Waals surface area contributed by atoms with Crippen LogP contribution in [0.15, 0.2) is 16.7 Å². The number of carbonyl (C=O) groups is 3. The highest BCUT2D eigenvalue weighted by Crippen LogP contribution is 2.59. The largest absolute Gasteiger partial charge is 0.469 e. The van der Waals surface area contributed by atoms with E-state index < -0.39 is 35.4 Å². The van der Waals surface area contributed by atoms with Crippen molar-refractivity contribution in [3.05, 3.63) is 23.7 Å². The lowest BCUT2D eigenvalue weighted by Gasteiger charge is -2.56. The summed E-state index contributed by atoms with van der Waals surface area (Å²) in [4.78, 5) is 39.8. The minimum Gasteiger partial charge on any atom is -0.469 e. The van der Waals surface area contributed by atoms with Gasteiger partial charge in [0.15, 0.2) is 11.5 Å². The summed E-state index contributed by atoms with van der Waals surface area (Å²) in [5.74, 6) is 3.67. The third kappa shape index (κ3) is 4.16. The van der Waals surface area contributed by atoms with Crippen molar-refractivity contribution < 1.29 is 37.7 Å². The normalized spacial score (nSPS) is 34.8. The molecule has 1 aromatic rings. The molecule has 2 heterocycles. The molecule has 0 bridgehead atoms. The minimum absolute atomic E-state index is 0.0307. The second-order valence-electron chi connectivity index (χ2n) is 9.51. The Labute approximate surface area is 199 Å². The van der Waals surface area contributed by atoms with Crippen LogP contribution in [0.25, 0.3) is 0 Å². The molecule has 184 valence electrons. The number of esters is 2. The highest BCUT2D eigenvalue weighted by molar-refractivity contribution is 5.91. The molecule has 1 aliphatic heterocycles. The van der Waals surface area contributed by atoms with Crippen LogP contribution < -0.4 is 0 Å². The molecule has 7 atom stereocenters. The second kappa shape index (κ2) is 9.93. The van der Waals surface area contributed by atoms with Gasteiger partial charge in [0.2, 0.25) is 0 Å². The molecule has 8 nitrogen and oxygen atoms in total. The van der Waals surface area contributed by atoms with Crippen LogP contribution in [0.5, 0.6) is 0 Å². The number of ketones is 1. The highest BCUT2D eigenvalue weighted by atomic mass is 16.7. The van der Waals surface area contributed by atoms with E-state index in [1.165, 1.54) is 13.4 Å². The van der Waals surface area contributed by atoms with Gasteiger partial charge in [0.1, 0.15) is 19.0 Å². The van der Waals surface area contributed by atoms with Crippen LogP contribution in [-0.2, 0) is 33.3 Å². The van der Waals surface area contributed by atoms with Crippen LogP contribution in [0.2, 0.25) is 0 Å². The topological polar surface area (TPSA) is 101 Å². The Kier molecular flexibility index (Phi) is 7.15. The molecule has 0 amide bonds. The fourth-order valence-electron chi connectivity index (χ4n) is 6.25. The van der Waals surface area contributed by atoms with Crippen molar-refractivity contribution in [3.8, 4) is 11.8 Å². The molecule has 0 spiro atoms. The van der Waals surface area contributed by atoms with Gasteiger partial charge in [0.25, 0.3) is 0 Å². The molecule has 0 aromatic carbocycles. The first-order chi connectivity index (χ1) is 16.3. The number of fused-ring (bicyclic) bond motifs is 3. The molecule has 3 fully saturated rings. The van der Waals surface area contributed by atoms with Gasteiger partial charge in [-0.25, -0.2) is 0 Å². The summed E-state index contributed by atoms with van der Waals surface area (Å²) in [6, 6.07) is 1.76. The van der Waals surface area contributed by atoms with Crippen LogP contribution in [-0.4, -0.2) is 44.3 Å². The Morgan fingerprint density at radius 2 is 2.09 bits per heavy atom. The van der Waals surface area contributed by atoms with E-state index in [9.17, 15) is 14.4 Å². The van der Waals surface area contributed by atoms with Crippen molar-refractivity contribution in [2.45, 2.75) is 58.7 Å². The lowest BCUT2D eigenvalue weighted by Crippen LogP contribution is -2.60. The monoisotopic (exact) mass is 472 g/mol. The maximum Gasteiger partial charge on any atom is 0.309 e. The van der Waals surface area contributed by atoms with E-state index in [1.807, 2.05) is 13.8 Å². The Bertz CT molecular complexity index is 1000. The zero-order valence-electron chi connectivity index (χ0n) is 20.1. The standard InChI is InChI=1S/C26H32O8/c1-5-7-19-16(9-11-32-19)20-12-17-15(24(28)34-20)8-10-26(3)18(25(29)30-4)13-21(23(27)22(17)26)33-14-31-6-2/h9,11,15,17-18,20-22H,6,8,10,12-14H2,1-4H3. The van der Waals surface area contributed by atoms with E-state index in [1.54, 1.807) is 13.0 Å². The number of rotatable bonds is 6. The molecule has 3 aliphatic rings. The van der Waals surface area contributed by atoms with Crippen LogP contribution >= 0.6 is 0 Å². The van der Waals surface area contributed by atoms with Gasteiger partial charge in [0, 0.05) is 18.1 Å². The van der Waals surface area contributed by atoms with E-state index in [-0.39, 0.29) is 36.9 Å². The summed E-state index contributed by atoms with van der Waals surface area (Å²) in [6.07, 6.45) is 1.97. The van der Waals surface area contributed by atoms with Gasteiger partial charge in [-0.3, -0.25) is 14.4 Å². The van der Waals surface area contributed by atoms with Crippen molar-refractivity contribution >= 4 is 17.7 Å². The molecule has 34 heavy (non-hydrogen) atoms. The van der Waals surface area contributed by atoms with E-state index in [0.29, 0.717) is 37.2 Å². The molecule has 2 saturated carbocycles. The average molecular weight is 473 g/mol. The maximum atomic E-state index is 13.8. The number of carbonyl (C=O) groups excluding carboxylic acids is 3. The number of furan rings is 1. The third-order valence-electron chi connectivity index (χ3n) is 7.89. The number of hydrogen-bond acceptors (Lipinski definition) is 8. The smallest absolute Gasteiger partial charge is 0.309 e. The Morgan fingerprint density at radius 1 is 1.29 bits per heavy atom. The van der Waals surface area contributed by atoms with Crippen LogP contribution in [0.1, 0.15) is 63.9 Å². The van der Waals surface area contributed by atoms with Gasteiger partial charge in [0.05, 0.1) is 25.2 Å². The van der Waals surface area contributed by atoms with Crippen molar-refractivity contribution in [3.63, 3.8) is 0 Å². The first-order valence-corrected chi connectivity index (χ1v) is 11.9. The summed E-state index contributed by atoms with van der Waals surface area (Å²) in [7, 11) is 1.36. The van der Waals surface area contributed by atoms with E-state index in [2.05, 4.69) is 11.8 Å². The quantitative estimate of drug-likeness (QED) is 0.269. The Hall–Kier alpha value is -2.63. The number of ether oxygens (including phenoxy) is 4. The highest BCUT2D eigenvalue weighted by Gasteiger charge is 2.63. The van der Waals surface area contributed by atoms with Gasteiger partial charge in [-0.2, -0.15) is 0 Å². The zero-order valence-corrected chi connectivity index (χ0v) is 20.1. The van der Waals surface area contributed by atoms with Gasteiger partial charge in [-0.1, -0.05) is 12.8 Å². The third-order valence-corrected chi connectivity index (χ3v) is 7.89. The van der Waals surface area contributed by atoms with E-state index in [0.717, 1.165) is 0 Å². The van der Waals surface area contributed by atoms with Crippen LogP contribution in [0.3, 0.4) is 0 Å². The summed E-state index contributed by atoms with van der Waals surface area (Å²) < 4.78 is 27.5. The van der Waals surface area contributed by atoms with Crippen LogP contribution in [0, 0.1) is 40.9 Å². The molecule has 4 rings (SSSR count). The van der Waals surface area contributed by atoms with Gasteiger partial charge < -0.3 is 23.4 Å². The SMILES string of the molecule is CC#Cc1occc1C1CC2C(CCC3(C)C(C(=O)OC)CC(OCOCC)C(=O)C23)C(=O)O1. The fourth-order valence-corrected chi connectivity index (χ4v) is 6.25. The summed E-state index contributed by atoms with van der Waals surface area (Å²) in [5, 5.41) is 0. The summed E-state index contributed by atoms with van der Waals surface area (Å²) >= 11 is 0.